The summed E-state index contributed by atoms with van der Waals surface area (Å²) < 4.78 is 8.19. The van der Waals surface area contributed by atoms with Crippen molar-refractivity contribution >= 4 is 44.3 Å². The molecule has 0 spiro atoms. The van der Waals surface area contributed by atoms with E-state index in [2.05, 4.69) is 51.0 Å². The van der Waals surface area contributed by atoms with Crippen LogP contribution in [0.3, 0.4) is 0 Å². The second-order valence-corrected chi connectivity index (χ2v) is 13.2. The van der Waals surface area contributed by atoms with Crippen LogP contribution in [0.5, 0.6) is 0 Å². The molecular weight excluding hydrogens is 548 g/mol. The molecule has 9 heteroatoms. The van der Waals surface area contributed by atoms with Crippen molar-refractivity contribution in [2.75, 3.05) is 53.0 Å². The predicted molar refractivity (Wildman–Crippen MR) is 167 cm³/mol. The summed E-state index contributed by atoms with van der Waals surface area (Å²) in [6.07, 6.45) is 0.662. The van der Waals surface area contributed by atoms with Crippen LogP contribution < -0.4 is 5.32 Å². The van der Waals surface area contributed by atoms with E-state index in [0.717, 1.165) is 60.6 Å². The van der Waals surface area contributed by atoms with Crippen molar-refractivity contribution in [2.45, 2.75) is 38.3 Å². The number of carbonyl (C=O) groups is 2. The highest BCUT2D eigenvalue weighted by Gasteiger charge is 2.39. The highest BCUT2D eigenvalue weighted by Crippen LogP contribution is 2.37. The van der Waals surface area contributed by atoms with E-state index in [1.807, 2.05) is 44.2 Å². The Labute approximate surface area is 250 Å². The molecule has 0 aliphatic carbocycles. The van der Waals surface area contributed by atoms with Crippen LogP contribution in [0, 0.1) is 5.92 Å². The number of carboxylic acid groups (broad SMARTS) is 1. The highest BCUT2D eigenvalue weighted by atomic mass is 32.1. The quantitative estimate of drug-likeness (QED) is 0.287. The molecule has 0 saturated carbocycles. The number of likely N-dealkylation sites (N-methyl/N-ethyl adjacent to an activating group) is 1. The smallest absolute Gasteiger partial charge is 0.311 e. The molecule has 2 atom stereocenters. The van der Waals surface area contributed by atoms with Crippen LogP contribution in [0.2, 0.25) is 0 Å². The number of aromatic nitrogens is 1. The van der Waals surface area contributed by atoms with Gasteiger partial charge >= 0.3 is 5.97 Å². The van der Waals surface area contributed by atoms with Crippen LogP contribution in [0.1, 0.15) is 47.0 Å². The van der Waals surface area contributed by atoms with Crippen LogP contribution in [0.25, 0.3) is 21.1 Å². The summed E-state index contributed by atoms with van der Waals surface area (Å²) in [5, 5.41) is 15.4. The Morgan fingerprint density at radius 1 is 1.02 bits per heavy atom. The topological polar surface area (TPSA) is 87.0 Å². The number of nitrogens with zero attached hydrogens (tertiary/aromatic N) is 3. The number of fused-ring (bicyclic) bond motifs is 3. The minimum Gasteiger partial charge on any atom is -0.481 e. The van der Waals surface area contributed by atoms with E-state index in [-0.39, 0.29) is 11.8 Å². The number of hydrogen-bond donors (Lipinski definition) is 2. The fraction of sp³-hybridized carbons (Fsp3) is 0.455. The Hall–Kier alpha value is -3.24. The normalized spacial score (nSPS) is 21.0. The fourth-order valence-electron chi connectivity index (χ4n) is 6.53. The number of nitrogens with one attached hydrogen (secondary N) is 1. The largest absolute Gasteiger partial charge is 0.481 e. The standard InChI is InChI=1S/C33H40N4O4S/c1-22(2)29(32(39)40)23-8-10-24(11-9-23)33(12-19-41-21-33)34-30(38)28-20-26-25-6-4-5-7-27(25)37(31(26)42-28)18-17-36-15-13-35(3)14-16-36/h4-11,20,22,29H,12-19,21H2,1-3H3,(H,34,38)(H,39,40). The molecule has 6 rings (SSSR count). The van der Waals surface area contributed by atoms with Crippen LogP contribution in [-0.2, 0) is 21.6 Å². The minimum absolute atomic E-state index is 0.0242. The molecule has 222 valence electrons. The molecule has 4 heterocycles. The highest BCUT2D eigenvalue weighted by molar-refractivity contribution is 7.20. The maximum Gasteiger partial charge on any atom is 0.311 e. The molecule has 2 unspecified atom stereocenters. The molecule has 2 aromatic carbocycles. The van der Waals surface area contributed by atoms with Gasteiger partial charge in [-0.1, -0.05) is 56.3 Å². The number of benzene rings is 2. The van der Waals surface area contributed by atoms with Gasteiger partial charge in [-0.05, 0) is 36.2 Å². The van der Waals surface area contributed by atoms with E-state index in [1.165, 1.54) is 10.9 Å². The monoisotopic (exact) mass is 588 g/mol. The maximum absolute atomic E-state index is 13.8. The summed E-state index contributed by atoms with van der Waals surface area (Å²) in [7, 11) is 2.18. The van der Waals surface area contributed by atoms with Gasteiger partial charge in [0.25, 0.3) is 5.91 Å². The lowest BCUT2D eigenvalue weighted by Gasteiger charge is -2.32. The van der Waals surface area contributed by atoms with Crippen molar-refractivity contribution in [1.82, 2.24) is 19.7 Å². The summed E-state index contributed by atoms with van der Waals surface area (Å²) in [5.74, 6) is -1.52. The Kier molecular flexibility index (Phi) is 8.11. The van der Waals surface area contributed by atoms with Crippen molar-refractivity contribution in [3.05, 3.63) is 70.6 Å². The lowest BCUT2D eigenvalue weighted by atomic mass is 9.84. The first kappa shape index (κ1) is 28.9. The van der Waals surface area contributed by atoms with Gasteiger partial charge in [-0.3, -0.25) is 14.5 Å². The van der Waals surface area contributed by atoms with E-state index in [0.29, 0.717) is 24.5 Å². The zero-order chi connectivity index (χ0) is 29.4. The van der Waals surface area contributed by atoms with Crippen LogP contribution in [0.15, 0.2) is 54.6 Å². The summed E-state index contributed by atoms with van der Waals surface area (Å²) in [4.78, 5) is 32.4. The summed E-state index contributed by atoms with van der Waals surface area (Å²) in [6.45, 7) is 11.0. The van der Waals surface area contributed by atoms with E-state index < -0.39 is 17.4 Å². The molecule has 4 aromatic rings. The summed E-state index contributed by atoms with van der Waals surface area (Å²) >= 11 is 1.55. The van der Waals surface area contributed by atoms with E-state index in [1.54, 1.807) is 11.3 Å². The van der Waals surface area contributed by atoms with Crippen molar-refractivity contribution in [3.63, 3.8) is 0 Å². The first-order valence-corrected chi connectivity index (χ1v) is 15.7. The van der Waals surface area contributed by atoms with Crippen molar-refractivity contribution < 1.29 is 19.4 Å². The molecule has 2 N–H and O–H groups in total. The Morgan fingerprint density at radius 3 is 2.43 bits per heavy atom. The van der Waals surface area contributed by atoms with Crippen molar-refractivity contribution in [2.24, 2.45) is 5.92 Å². The molecule has 1 amide bonds. The number of ether oxygens (including phenoxy) is 1. The number of para-hydroxylation sites is 1. The SMILES string of the molecule is CC(C)C(C(=O)O)c1ccc(C2(NC(=O)c3cc4c5ccccc5n(CCN5CCN(C)CC5)c4s3)CCOC2)cc1. The maximum atomic E-state index is 13.8. The van der Waals surface area contributed by atoms with Gasteiger partial charge in [0, 0.05) is 68.6 Å². The van der Waals surface area contributed by atoms with Gasteiger partial charge in [-0.25, -0.2) is 0 Å². The van der Waals surface area contributed by atoms with Crippen molar-refractivity contribution in [3.8, 4) is 0 Å². The number of piperazine rings is 1. The van der Waals surface area contributed by atoms with Gasteiger partial charge in [-0.15, -0.1) is 11.3 Å². The zero-order valence-corrected chi connectivity index (χ0v) is 25.5. The molecule has 42 heavy (non-hydrogen) atoms. The van der Waals surface area contributed by atoms with E-state index in [4.69, 9.17) is 4.74 Å². The first-order chi connectivity index (χ1) is 20.3. The molecule has 2 saturated heterocycles. The third kappa shape index (κ3) is 5.46. The minimum atomic E-state index is -0.824. The average molecular weight is 589 g/mol. The van der Waals surface area contributed by atoms with Crippen LogP contribution in [-0.4, -0.2) is 84.3 Å². The second kappa shape index (κ2) is 11.8. The zero-order valence-electron chi connectivity index (χ0n) is 24.6. The third-order valence-corrected chi connectivity index (χ3v) is 10.2. The fourth-order valence-corrected chi connectivity index (χ4v) is 7.64. The lowest BCUT2D eigenvalue weighted by Crippen LogP contribution is -2.46. The van der Waals surface area contributed by atoms with Gasteiger partial charge in [0.15, 0.2) is 0 Å². The number of aliphatic carboxylic acids is 1. The first-order valence-electron chi connectivity index (χ1n) is 14.9. The van der Waals surface area contributed by atoms with Gasteiger partial charge < -0.3 is 24.6 Å². The van der Waals surface area contributed by atoms with Gasteiger partial charge in [0.2, 0.25) is 0 Å². The van der Waals surface area contributed by atoms with Crippen LogP contribution in [0.4, 0.5) is 0 Å². The second-order valence-electron chi connectivity index (χ2n) is 12.2. The molecule has 2 fully saturated rings. The van der Waals surface area contributed by atoms with Gasteiger partial charge in [0.1, 0.15) is 4.83 Å². The summed E-state index contributed by atoms with van der Waals surface area (Å²) in [5.41, 5.74) is 2.26. The number of hydrogen-bond acceptors (Lipinski definition) is 6. The summed E-state index contributed by atoms with van der Waals surface area (Å²) in [6, 6.07) is 18.2. The molecular formula is C33H40N4O4S. The average Bonchev–Trinajstić information content (AvgIpc) is 3.69. The van der Waals surface area contributed by atoms with E-state index >= 15 is 0 Å². The molecule has 2 aromatic heterocycles. The Balaban J connectivity index is 1.26. The molecule has 8 nitrogen and oxygen atoms in total. The van der Waals surface area contributed by atoms with Crippen LogP contribution >= 0.6 is 11.3 Å². The number of carbonyl (C=O) groups excluding carboxylic acids is 1. The number of carboxylic acids is 1. The van der Waals surface area contributed by atoms with Gasteiger partial charge in [-0.2, -0.15) is 0 Å². The number of rotatable bonds is 9. The number of amides is 1. The Morgan fingerprint density at radius 2 is 1.76 bits per heavy atom. The predicted octanol–water partition coefficient (Wildman–Crippen LogP) is 4.97. The molecule has 0 bridgehead atoms. The molecule has 2 aliphatic rings. The molecule has 0 radical (unpaired) electrons. The number of thiophene rings is 1. The lowest BCUT2D eigenvalue weighted by molar-refractivity contribution is -0.139. The molecule has 2 aliphatic heterocycles. The van der Waals surface area contributed by atoms with Gasteiger partial charge in [0.05, 0.1) is 22.9 Å². The Bertz CT molecular complexity index is 1580. The van der Waals surface area contributed by atoms with Crippen molar-refractivity contribution in [1.29, 1.82) is 0 Å². The third-order valence-electron chi connectivity index (χ3n) is 9.03. The van der Waals surface area contributed by atoms with E-state index in [9.17, 15) is 14.7 Å².